The summed E-state index contributed by atoms with van der Waals surface area (Å²) in [6, 6.07) is 1.93. The van der Waals surface area contributed by atoms with E-state index in [0.717, 1.165) is 42.4 Å². The van der Waals surface area contributed by atoms with Gasteiger partial charge in [0.1, 0.15) is 0 Å². The monoisotopic (exact) mass is 469 g/mol. The first-order chi connectivity index (χ1) is 15.2. The number of rotatable bonds is 7. The van der Waals surface area contributed by atoms with Crippen molar-refractivity contribution in [1.29, 1.82) is 0 Å². The lowest BCUT2D eigenvalue weighted by Gasteiger charge is -2.16. The first-order valence-electron chi connectivity index (χ1n) is 10.1. The van der Waals surface area contributed by atoms with Gasteiger partial charge in [-0.2, -0.15) is 13.2 Å². The molecule has 1 saturated carbocycles. The second-order valence-corrected chi connectivity index (χ2v) is 8.17. The van der Waals surface area contributed by atoms with Crippen molar-refractivity contribution in [3.8, 4) is 0 Å². The number of ether oxygens (including phenoxy) is 1. The fourth-order valence-electron chi connectivity index (χ4n) is 3.50. The van der Waals surface area contributed by atoms with Crippen molar-refractivity contribution in [2.45, 2.75) is 45.2 Å². The largest absolute Gasteiger partial charge is 0.466 e. The van der Waals surface area contributed by atoms with Crippen molar-refractivity contribution in [2.75, 3.05) is 17.2 Å². The van der Waals surface area contributed by atoms with Gasteiger partial charge in [-0.05, 0) is 38.0 Å². The van der Waals surface area contributed by atoms with Gasteiger partial charge in [0.2, 0.25) is 0 Å². The predicted octanol–water partition coefficient (Wildman–Crippen LogP) is 5.28. The van der Waals surface area contributed by atoms with E-state index in [2.05, 4.69) is 15.6 Å². The van der Waals surface area contributed by atoms with E-state index >= 15 is 0 Å². The Kier molecular flexibility index (Phi) is 7.49. The summed E-state index contributed by atoms with van der Waals surface area (Å²) in [6.07, 6.45) is -1.74. The molecule has 32 heavy (non-hydrogen) atoms. The Labute approximate surface area is 186 Å². The molecule has 0 saturated heterocycles. The summed E-state index contributed by atoms with van der Waals surface area (Å²) >= 11 is 1.08. The van der Waals surface area contributed by atoms with E-state index in [1.165, 1.54) is 0 Å². The molecular weight excluding hydrogens is 447 g/mol. The Morgan fingerprint density at radius 2 is 1.91 bits per heavy atom. The highest BCUT2D eigenvalue weighted by Crippen LogP contribution is 2.35. The van der Waals surface area contributed by atoms with Crippen molar-refractivity contribution in [3.05, 3.63) is 40.4 Å². The third-order valence-corrected chi connectivity index (χ3v) is 5.80. The van der Waals surface area contributed by atoms with Crippen LogP contribution in [0.15, 0.2) is 23.6 Å². The zero-order valence-electron chi connectivity index (χ0n) is 17.3. The van der Waals surface area contributed by atoms with E-state index in [1.807, 2.05) is 0 Å². The number of ketones is 1. The van der Waals surface area contributed by atoms with Crippen LogP contribution in [0.4, 0.5) is 28.8 Å². The summed E-state index contributed by atoms with van der Waals surface area (Å²) in [7, 11) is 0. The van der Waals surface area contributed by atoms with Crippen molar-refractivity contribution < 1.29 is 32.3 Å². The van der Waals surface area contributed by atoms with Crippen LogP contribution in [0.2, 0.25) is 0 Å². The zero-order chi connectivity index (χ0) is 23.3. The molecule has 0 aliphatic heterocycles. The summed E-state index contributed by atoms with van der Waals surface area (Å²) in [5, 5.41) is 6.69. The summed E-state index contributed by atoms with van der Waals surface area (Å²) in [4.78, 5) is 40.9. The van der Waals surface area contributed by atoms with Crippen LogP contribution >= 0.6 is 11.3 Å². The van der Waals surface area contributed by atoms with Crippen LogP contribution in [0.25, 0.3) is 0 Å². The van der Waals surface area contributed by atoms with E-state index < -0.39 is 29.5 Å². The van der Waals surface area contributed by atoms with Crippen LogP contribution in [-0.2, 0) is 22.1 Å². The fraction of sp³-hybridized carbons (Fsp3) is 0.429. The van der Waals surface area contributed by atoms with Gasteiger partial charge in [-0.25, -0.2) is 9.78 Å². The molecule has 7 nitrogen and oxygen atoms in total. The third kappa shape index (κ3) is 6.06. The fourth-order valence-corrected chi connectivity index (χ4v) is 4.20. The Balaban J connectivity index is 1.74. The summed E-state index contributed by atoms with van der Waals surface area (Å²) in [6.45, 7) is 1.93. The zero-order valence-corrected chi connectivity index (χ0v) is 18.1. The Morgan fingerprint density at radius 1 is 1.19 bits per heavy atom. The van der Waals surface area contributed by atoms with Gasteiger partial charge in [-0.1, -0.05) is 12.8 Å². The number of anilines is 2. The number of hydrogen-bond acceptors (Lipinski definition) is 6. The maximum absolute atomic E-state index is 13.2. The number of alkyl halides is 3. The highest BCUT2D eigenvalue weighted by atomic mass is 32.1. The molecule has 3 rings (SSSR count). The highest BCUT2D eigenvalue weighted by molar-refractivity contribution is 7.14. The minimum absolute atomic E-state index is 0.00398. The second kappa shape index (κ2) is 10.1. The Morgan fingerprint density at radius 3 is 2.56 bits per heavy atom. The van der Waals surface area contributed by atoms with Crippen molar-refractivity contribution in [2.24, 2.45) is 5.92 Å². The molecular formula is C21H22F3N3O4S. The minimum atomic E-state index is -4.61. The number of nitrogens with zero attached hydrogens (tertiary/aromatic N) is 1. The molecule has 2 N–H and O–H groups in total. The topological polar surface area (TPSA) is 97.4 Å². The van der Waals surface area contributed by atoms with Gasteiger partial charge in [0.25, 0.3) is 0 Å². The summed E-state index contributed by atoms with van der Waals surface area (Å²) in [5.41, 5.74) is -0.705. The van der Waals surface area contributed by atoms with E-state index in [1.54, 1.807) is 12.3 Å². The average molecular weight is 469 g/mol. The smallest absolute Gasteiger partial charge is 0.416 e. The number of aromatic nitrogens is 1. The van der Waals surface area contributed by atoms with Crippen molar-refractivity contribution >= 4 is 39.9 Å². The van der Waals surface area contributed by atoms with E-state index in [4.69, 9.17) is 4.74 Å². The number of esters is 1. The molecule has 2 amide bonds. The number of urea groups is 1. The van der Waals surface area contributed by atoms with Gasteiger partial charge in [0.15, 0.2) is 10.9 Å². The lowest BCUT2D eigenvalue weighted by atomic mass is 9.93. The number of halogens is 3. The average Bonchev–Trinajstić information content (AvgIpc) is 3.39. The molecule has 11 heteroatoms. The molecule has 1 aromatic carbocycles. The van der Waals surface area contributed by atoms with Crippen LogP contribution in [0.1, 0.15) is 54.2 Å². The quantitative estimate of drug-likeness (QED) is 0.425. The van der Waals surface area contributed by atoms with Gasteiger partial charge in [-0.3, -0.25) is 14.9 Å². The van der Waals surface area contributed by atoms with Gasteiger partial charge >= 0.3 is 18.2 Å². The Hall–Kier alpha value is -2.95. The molecule has 1 heterocycles. The van der Waals surface area contributed by atoms with Crippen LogP contribution in [-0.4, -0.2) is 29.4 Å². The lowest BCUT2D eigenvalue weighted by molar-refractivity contribution is -0.142. The number of nitrogens with one attached hydrogen (secondary N) is 2. The van der Waals surface area contributed by atoms with Crippen molar-refractivity contribution in [1.82, 2.24) is 4.98 Å². The van der Waals surface area contributed by atoms with E-state index in [9.17, 15) is 27.6 Å². The maximum atomic E-state index is 13.2. The molecule has 0 spiro atoms. The van der Waals surface area contributed by atoms with Crippen LogP contribution in [0.5, 0.6) is 0 Å². The number of carbonyl (C=O) groups is 3. The number of Topliss-reactive ketones (excluding diaryl/α,β-unsaturated/α-hetero) is 1. The molecule has 1 aliphatic carbocycles. The molecule has 0 atom stereocenters. The lowest BCUT2D eigenvalue weighted by Crippen LogP contribution is -2.23. The normalized spacial score (nSPS) is 14.2. The van der Waals surface area contributed by atoms with Crippen LogP contribution in [0.3, 0.4) is 0 Å². The molecule has 0 radical (unpaired) electrons. The molecule has 1 aliphatic rings. The molecule has 0 unspecified atom stereocenters. The van der Waals surface area contributed by atoms with Crippen LogP contribution < -0.4 is 10.6 Å². The van der Waals surface area contributed by atoms with Gasteiger partial charge in [-0.15, -0.1) is 11.3 Å². The van der Waals surface area contributed by atoms with E-state index in [0.29, 0.717) is 18.5 Å². The third-order valence-electron chi connectivity index (χ3n) is 4.99. The molecule has 2 aromatic rings. The molecule has 1 aromatic heterocycles. The SMILES string of the molecule is CCOC(=O)Cc1csc(NC(=O)Nc2ccc(C(F)(F)F)cc2C(=O)C2CCCC2)n1. The standard InChI is InChI=1S/C21H22F3N3O4S/c1-2-31-17(28)10-14-11-32-20(25-14)27-19(30)26-16-8-7-13(21(22,23)24)9-15(16)18(29)12-5-3-4-6-12/h7-9,11-12H,2-6,10H2,1H3,(H2,25,26,27,30). The number of benzene rings is 1. The number of thiazole rings is 1. The second-order valence-electron chi connectivity index (χ2n) is 7.31. The van der Waals surface area contributed by atoms with Gasteiger partial charge in [0.05, 0.1) is 30.0 Å². The number of carbonyl (C=O) groups excluding carboxylic acids is 3. The molecule has 0 bridgehead atoms. The summed E-state index contributed by atoms with van der Waals surface area (Å²) < 4.78 is 44.4. The summed E-state index contributed by atoms with van der Waals surface area (Å²) in [5.74, 6) is -1.21. The molecule has 1 fully saturated rings. The van der Waals surface area contributed by atoms with E-state index in [-0.39, 0.29) is 35.3 Å². The predicted molar refractivity (Wildman–Crippen MR) is 113 cm³/mol. The highest BCUT2D eigenvalue weighted by Gasteiger charge is 2.33. The first kappa shape index (κ1) is 23.7. The number of amides is 2. The Bertz CT molecular complexity index is 1000. The molecule has 172 valence electrons. The maximum Gasteiger partial charge on any atom is 0.416 e. The van der Waals surface area contributed by atoms with Gasteiger partial charge in [0, 0.05) is 16.9 Å². The minimum Gasteiger partial charge on any atom is -0.466 e. The van der Waals surface area contributed by atoms with Crippen molar-refractivity contribution in [3.63, 3.8) is 0 Å². The van der Waals surface area contributed by atoms with Gasteiger partial charge < -0.3 is 10.1 Å². The first-order valence-corrected chi connectivity index (χ1v) is 11.0. The van der Waals surface area contributed by atoms with Crippen LogP contribution in [0, 0.1) is 5.92 Å². The number of hydrogen-bond donors (Lipinski definition) is 2.